The molecule has 0 amide bonds. The van der Waals surface area contributed by atoms with Crippen molar-refractivity contribution in [3.8, 4) is 5.75 Å². The van der Waals surface area contributed by atoms with E-state index in [1.54, 1.807) is 13.1 Å². The predicted molar refractivity (Wildman–Crippen MR) is 73.5 cm³/mol. The Kier molecular flexibility index (Phi) is 3.76. The van der Waals surface area contributed by atoms with Crippen molar-refractivity contribution in [2.75, 3.05) is 5.43 Å². The Morgan fingerprint density at radius 2 is 1.84 bits per heavy atom. The van der Waals surface area contributed by atoms with Gasteiger partial charge in [-0.3, -0.25) is 9.66 Å². The lowest BCUT2D eigenvalue weighted by molar-refractivity contribution is 0.279. The molecule has 0 aliphatic rings. The van der Waals surface area contributed by atoms with Gasteiger partial charge in [0.2, 0.25) is 0 Å². The Labute approximate surface area is 112 Å². The molecule has 102 valence electrons. The Hall–Kier alpha value is -2.01. The molecule has 0 saturated heterocycles. The number of nitrogens with zero attached hydrogens (tertiary/aromatic N) is 2. The van der Waals surface area contributed by atoms with Crippen LogP contribution in [0, 0.1) is 20.8 Å². The molecule has 0 atom stereocenters. The molecule has 0 spiro atoms. The molecule has 2 aromatic rings. The predicted octanol–water partition coefficient (Wildman–Crippen LogP) is 1.75. The first-order valence-corrected chi connectivity index (χ1v) is 6.20. The van der Waals surface area contributed by atoms with Crippen LogP contribution in [-0.4, -0.2) is 19.9 Å². The van der Waals surface area contributed by atoms with Crippen molar-refractivity contribution in [3.63, 3.8) is 0 Å². The summed E-state index contributed by atoms with van der Waals surface area (Å²) in [6.45, 7) is 6.05. The van der Waals surface area contributed by atoms with Crippen LogP contribution in [-0.2, 0) is 13.2 Å². The number of pyridine rings is 1. The zero-order valence-electron chi connectivity index (χ0n) is 11.4. The minimum absolute atomic E-state index is 0.137. The minimum Gasteiger partial charge on any atom is -0.506 e. The van der Waals surface area contributed by atoms with Crippen LogP contribution in [0.15, 0.2) is 18.3 Å². The summed E-state index contributed by atoms with van der Waals surface area (Å²) in [5, 5.41) is 19.4. The topological polar surface area (TPSA) is 70.3 Å². The van der Waals surface area contributed by atoms with E-state index in [-0.39, 0.29) is 12.4 Å². The molecular weight excluding hydrogens is 242 g/mol. The van der Waals surface area contributed by atoms with Crippen LogP contribution in [0.1, 0.15) is 28.2 Å². The average Bonchev–Trinajstić information content (AvgIpc) is 2.71. The van der Waals surface area contributed by atoms with Crippen molar-refractivity contribution in [1.82, 2.24) is 9.66 Å². The number of aromatic nitrogens is 2. The van der Waals surface area contributed by atoms with E-state index in [4.69, 9.17) is 0 Å². The van der Waals surface area contributed by atoms with Gasteiger partial charge in [0, 0.05) is 28.7 Å². The van der Waals surface area contributed by atoms with E-state index in [1.807, 2.05) is 30.7 Å². The maximum Gasteiger partial charge on any atom is 0.142 e. The monoisotopic (exact) mass is 261 g/mol. The lowest BCUT2D eigenvalue weighted by Crippen LogP contribution is -2.18. The van der Waals surface area contributed by atoms with Crippen molar-refractivity contribution >= 4 is 0 Å². The highest BCUT2D eigenvalue weighted by molar-refractivity contribution is 5.41. The van der Waals surface area contributed by atoms with Gasteiger partial charge in [0.25, 0.3) is 0 Å². The average molecular weight is 261 g/mol. The van der Waals surface area contributed by atoms with Crippen molar-refractivity contribution in [2.45, 2.75) is 33.9 Å². The summed E-state index contributed by atoms with van der Waals surface area (Å²) in [6.07, 6.45) is 1.60. The van der Waals surface area contributed by atoms with Gasteiger partial charge in [-0.15, -0.1) is 0 Å². The van der Waals surface area contributed by atoms with E-state index in [0.717, 1.165) is 11.4 Å². The van der Waals surface area contributed by atoms with Gasteiger partial charge >= 0.3 is 0 Å². The highest BCUT2D eigenvalue weighted by Crippen LogP contribution is 2.24. The molecule has 0 aliphatic carbocycles. The molecule has 0 radical (unpaired) electrons. The van der Waals surface area contributed by atoms with Gasteiger partial charge in [-0.25, -0.2) is 0 Å². The van der Waals surface area contributed by atoms with Gasteiger partial charge in [-0.2, -0.15) is 0 Å². The van der Waals surface area contributed by atoms with Crippen LogP contribution in [0.4, 0.5) is 0 Å². The van der Waals surface area contributed by atoms with Crippen LogP contribution < -0.4 is 5.43 Å². The summed E-state index contributed by atoms with van der Waals surface area (Å²) < 4.78 is 1.95. The molecule has 0 aromatic carbocycles. The summed E-state index contributed by atoms with van der Waals surface area (Å²) >= 11 is 0. The number of aliphatic hydroxyl groups excluding tert-OH is 1. The van der Waals surface area contributed by atoms with Crippen molar-refractivity contribution in [1.29, 1.82) is 0 Å². The number of aromatic hydroxyl groups is 1. The second-order valence-corrected chi connectivity index (χ2v) is 4.64. The first-order chi connectivity index (χ1) is 9.04. The summed E-state index contributed by atoms with van der Waals surface area (Å²) in [6, 6.07) is 4.04. The lowest BCUT2D eigenvalue weighted by atomic mass is 10.1. The fourth-order valence-corrected chi connectivity index (χ4v) is 2.09. The third-order valence-corrected chi connectivity index (χ3v) is 3.29. The van der Waals surface area contributed by atoms with E-state index in [2.05, 4.69) is 10.4 Å². The van der Waals surface area contributed by atoms with Crippen molar-refractivity contribution in [2.24, 2.45) is 0 Å². The van der Waals surface area contributed by atoms with Crippen molar-refractivity contribution < 1.29 is 10.2 Å². The van der Waals surface area contributed by atoms with E-state index < -0.39 is 0 Å². The van der Waals surface area contributed by atoms with Crippen LogP contribution in [0.3, 0.4) is 0 Å². The molecule has 2 heterocycles. The smallest absolute Gasteiger partial charge is 0.142 e. The summed E-state index contributed by atoms with van der Waals surface area (Å²) in [5.41, 5.74) is 7.30. The number of rotatable bonds is 4. The molecule has 0 fully saturated rings. The van der Waals surface area contributed by atoms with Crippen LogP contribution in [0.25, 0.3) is 0 Å². The molecule has 19 heavy (non-hydrogen) atoms. The zero-order chi connectivity index (χ0) is 14.0. The SMILES string of the molecule is Cc1ncc(CO)c(CNn2c(C)ccc2C)c1O. The highest BCUT2D eigenvalue weighted by atomic mass is 16.3. The minimum atomic E-state index is -0.137. The third kappa shape index (κ3) is 2.56. The molecule has 2 aromatic heterocycles. The van der Waals surface area contributed by atoms with Gasteiger partial charge < -0.3 is 15.6 Å². The molecule has 0 aliphatic heterocycles. The fourth-order valence-electron chi connectivity index (χ4n) is 2.09. The molecule has 0 saturated carbocycles. The third-order valence-electron chi connectivity index (χ3n) is 3.29. The first kappa shape index (κ1) is 13.4. The molecule has 5 nitrogen and oxygen atoms in total. The van der Waals surface area contributed by atoms with Gasteiger partial charge in [0.05, 0.1) is 18.8 Å². The van der Waals surface area contributed by atoms with Crippen LogP contribution in [0.2, 0.25) is 0 Å². The fraction of sp³-hybridized carbons (Fsp3) is 0.357. The van der Waals surface area contributed by atoms with Gasteiger partial charge in [0.15, 0.2) is 0 Å². The Morgan fingerprint density at radius 1 is 1.21 bits per heavy atom. The molecule has 0 unspecified atom stereocenters. The largest absolute Gasteiger partial charge is 0.506 e. The molecule has 3 N–H and O–H groups in total. The van der Waals surface area contributed by atoms with Gasteiger partial charge in [-0.05, 0) is 32.9 Å². The van der Waals surface area contributed by atoms with E-state index in [9.17, 15) is 10.2 Å². The maximum atomic E-state index is 10.1. The standard InChI is InChI=1S/C14H19N3O2/c1-9-4-5-10(2)17(9)16-7-13-12(8-18)6-15-11(3)14(13)19/h4-6,16,18-19H,7-8H2,1-3H3. The Morgan fingerprint density at radius 3 is 2.42 bits per heavy atom. The quantitative estimate of drug-likeness (QED) is 0.784. The van der Waals surface area contributed by atoms with Crippen molar-refractivity contribution in [3.05, 3.63) is 46.5 Å². The number of hydrogen-bond donors (Lipinski definition) is 3. The molecule has 2 rings (SSSR count). The van der Waals surface area contributed by atoms with Gasteiger partial charge in [-0.1, -0.05) is 0 Å². The van der Waals surface area contributed by atoms with E-state index in [1.165, 1.54) is 0 Å². The van der Waals surface area contributed by atoms with Crippen LogP contribution >= 0.6 is 0 Å². The summed E-state index contributed by atoms with van der Waals surface area (Å²) in [7, 11) is 0. The van der Waals surface area contributed by atoms with Gasteiger partial charge in [0.1, 0.15) is 5.75 Å². The maximum absolute atomic E-state index is 10.1. The van der Waals surface area contributed by atoms with Crippen LogP contribution in [0.5, 0.6) is 5.75 Å². The second-order valence-electron chi connectivity index (χ2n) is 4.64. The summed E-state index contributed by atoms with van der Waals surface area (Å²) in [4.78, 5) is 4.05. The Bertz CT molecular complexity index is 571. The number of nitrogens with one attached hydrogen (secondary N) is 1. The Balaban J connectivity index is 2.27. The normalized spacial score (nSPS) is 10.7. The van der Waals surface area contributed by atoms with E-state index >= 15 is 0 Å². The zero-order valence-corrected chi connectivity index (χ0v) is 11.4. The summed E-state index contributed by atoms with van der Waals surface area (Å²) in [5.74, 6) is 0.140. The molecular formula is C14H19N3O2. The highest BCUT2D eigenvalue weighted by Gasteiger charge is 2.11. The molecule has 5 heteroatoms. The first-order valence-electron chi connectivity index (χ1n) is 6.20. The second kappa shape index (κ2) is 5.32. The lowest BCUT2D eigenvalue weighted by Gasteiger charge is -2.16. The number of hydrogen-bond acceptors (Lipinski definition) is 4. The number of aliphatic hydroxyl groups is 1. The number of aryl methyl sites for hydroxylation is 3. The molecule has 0 bridgehead atoms. The van der Waals surface area contributed by atoms with E-state index in [0.29, 0.717) is 23.4 Å².